The highest BCUT2D eigenvalue weighted by Crippen LogP contribution is 2.19. The van der Waals surface area contributed by atoms with Crippen LogP contribution in [0.15, 0.2) is 23.1 Å². The molecule has 0 saturated heterocycles. The summed E-state index contributed by atoms with van der Waals surface area (Å²) in [5, 5.41) is 2.90. The number of carbonyl (C=O) groups is 1. The van der Waals surface area contributed by atoms with Crippen LogP contribution in [0.5, 0.6) is 0 Å². The summed E-state index contributed by atoms with van der Waals surface area (Å²) >= 11 is 0. The van der Waals surface area contributed by atoms with E-state index < -0.39 is 0 Å². The second-order valence-electron chi connectivity index (χ2n) is 5.88. The summed E-state index contributed by atoms with van der Waals surface area (Å²) < 4.78 is 1.32. The predicted molar refractivity (Wildman–Crippen MR) is 81.3 cm³/mol. The van der Waals surface area contributed by atoms with Gasteiger partial charge in [-0.1, -0.05) is 27.7 Å². The number of nitrogens with one attached hydrogen (secondary N) is 1. The van der Waals surface area contributed by atoms with Gasteiger partial charge in [-0.2, -0.15) is 0 Å². The maximum absolute atomic E-state index is 11.9. The minimum absolute atomic E-state index is 0.00673. The van der Waals surface area contributed by atoms with Gasteiger partial charge in [-0.3, -0.25) is 9.59 Å². The molecule has 0 aromatic carbocycles. The second kappa shape index (κ2) is 7.12. The first kappa shape index (κ1) is 16.3. The highest BCUT2D eigenvalue weighted by Gasteiger charge is 2.18. The zero-order valence-corrected chi connectivity index (χ0v) is 12.7. The molecule has 112 valence electrons. The molecule has 0 radical (unpaired) electrons. The molecule has 3 N–H and O–H groups in total. The summed E-state index contributed by atoms with van der Waals surface area (Å²) in [5.74, 6) is 1.27. The molecule has 0 atom stereocenters. The van der Waals surface area contributed by atoms with Gasteiger partial charge in [-0.25, -0.2) is 0 Å². The van der Waals surface area contributed by atoms with Gasteiger partial charge in [0.1, 0.15) is 6.54 Å². The topological polar surface area (TPSA) is 77.1 Å². The molecule has 1 heterocycles. The van der Waals surface area contributed by atoms with E-state index in [1.165, 1.54) is 22.9 Å². The summed E-state index contributed by atoms with van der Waals surface area (Å²) in [6.07, 6.45) is 1.49. The monoisotopic (exact) mass is 279 g/mol. The van der Waals surface area contributed by atoms with Crippen molar-refractivity contribution >= 4 is 11.6 Å². The van der Waals surface area contributed by atoms with E-state index >= 15 is 0 Å². The first-order valence-corrected chi connectivity index (χ1v) is 7.04. The minimum Gasteiger partial charge on any atom is -0.398 e. The molecule has 1 aromatic heterocycles. The number of hydrogen-bond donors (Lipinski definition) is 2. The third-order valence-corrected chi connectivity index (χ3v) is 3.57. The number of nitrogen functional groups attached to an aromatic ring is 1. The lowest BCUT2D eigenvalue weighted by Crippen LogP contribution is -2.37. The molecule has 1 aromatic rings. The van der Waals surface area contributed by atoms with Crippen molar-refractivity contribution in [1.82, 2.24) is 9.88 Å². The molecular formula is C15H25N3O2. The van der Waals surface area contributed by atoms with Crippen molar-refractivity contribution in [2.45, 2.75) is 34.2 Å². The number of amides is 1. The van der Waals surface area contributed by atoms with Crippen molar-refractivity contribution in [3.63, 3.8) is 0 Å². The van der Waals surface area contributed by atoms with Gasteiger partial charge in [-0.05, 0) is 23.8 Å². The van der Waals surface area contributed by atoms with Crippen LogP contribution in [0.2, 0.25) is 0 Å². The molecule has 0 spiro atoms. The molecule has 0 bridgehead atoms. The maximum atomic E-state index is 11.9. The summed E-state index contributed by atoms with van der Waals surface area (Å²) in [5.41, 5.74) is 5.86. The van der Waals surface area contributed by atoms with Crippen molar-refractivity contribution in [1.29, 1.82) is 0 Å². The predicted octanol–water partition coefficient (Wildman–Crippen LogP) is 1.47. The molecule has 0 unspecified atom stereocenters. The van der Waals surface area contributed by atoms with Gasteiger partial charge in [0.05, 0.1) is 0 Å². The summed E-state index contributed by atoms with van der Waals surface area (Å²) in [6, 6.07) is 2.90. The highest BCUT2D eigenvalue weighted by molar-refractivity contribution is 5.75. The fourth-order valence-corrected chi connectivity index (χ4v) is 2.36. The van der Waals surface area contributed by atoms with Gasteiger partial charge in [-0.15, -0.1) is 0 Å². The highest BCUT2D eigenvalue weighted by atomic mass is 16.2. The van der Waals surface area contributed by atoms with E-state index in [1.807, 2.05) is 0 Å². The zero-order valence-electron chi connectivity index (χ0n) is 12.7. The molecule has 5 heteroatoms. The smallest absolute Gasteiger partial charge is 0.251 e. The SMILES string of the molecule is CC(C)C(CNC(=O)Cn1cc(N)ccc1=O)C(C)C. The van der Waals surface area contributed by atoms with E-state index in [9.17, 15) is 9.59 Å². The van der Waals surface area contributed by atoms with Gasteiger partial charge < -0.3 is 15.6 Å². The Balaban J connectivity index is 2.60. The first-order valence-electron chi connectivity index (χ1n) is 7.04. The largest absolute Gasteiger partial charge is 0.398 e. The number of anilines is 1. The Labute approximate surface area is 120 Å². The van der Waals surface area contributed by atoms with Gasteiger partial charge in [0, 0.05) is 24.5 Å². The third-order valence-electron chi connectivity index (χ3n) is 3.57. The van der Waals surface area contributed by atoms with Crippen LogP contribution in [0.4, 0.5) is 5.69 Å². The number of carbonyl (C=O) groups excluding carboxylic acids is 1. The normalized spacial score (nSPS) is 11.3. The quantitative estimate of drug-likeness (QED) is 0.828. The van der Waals surface area contributed by atoms with Crippen LogP contribution < -0.4 is 16.6 Å². The van der Waals surface area contributed by atoms with Crippen molar-refractivity contribution in [2.24, 2.45) is 17.8 Å². The van der Waals surface area contributed by atoms with Crippen molar-refractivity contribution in [3.05, 3.63) is 28.7 Å². The average Bonchev–Trinajstić information content (AvgIpc) is 2.33. The van der Waals surface area contributed by atoms with E-state index in [2.05, 4.69) is 33.0 Å². The van der Waals surface area contributed by atoms with Gasteiger partial charge in [0.25, 0.3) is 5.56 Å². The Morgan fingerprint density at radius 3 is 2.40 bits per heavy atom. The van der Waals surface area contributed by atoms with Crippen LogP contribution in [-0.4, -0.2) is 17.0 Å². The molecule has 0 aliphatic rings. The Hall–Kier alpha value is -1.78. The Kier molecular flexibility index (Phi) is 5.80. The van der Waals surface area contributed by atoms with Crippen molar-refractivity contribution < 1.29 is 4.79 Å². The number of nitrogens with two attached hydrogens (primary N) is 1. The van der Waals surface area contributed by atoms with Gasteiger partial charge >= 0.3 is 0 Å². The lowest BCUT2D eigenvalue weighted by Gasteiger charge is -2.25. The molecule has 1 amide bonds. The van der Waals surface area contributed by atoms with Crippen LogP contribution in [0.3, 0.4) is 0 Å². The van der Waals surface area contributed by atoms with E-state index in [-0.39, 0.29) is 18.0 Å². The Morgan fingerprint density at radius 1 is 1.25 bits per heavy atom. The second-order valence-corrected chi connectivity index (χ2v) is 5.88. The van der Waals surface area contributed by atoms with E-state index in [0.29, 0.717) is 30.0 Å². The Morgan fingerprint density at radius 2 is 1.85 bits per heavy atom. The fourth-order valence-electron chi connectivity index (χ4n) is 2.36. The number of pyridine rings is 1. The molecule has 20 heavy (non-hydrogen) atoms. The van der Waals surface area contributed by atoms with E-state index in [4.69, 9.17) is 5.73 Å². The molecule has 0 fully saturated rings. The lowest BCUT2D eigenvalue weighted by atomic mass is 9.85. The Bertz CT molecular complexity index is 498. The van der Waals surface area contributed by atoms with E-state index in [1.54, 1.807) is 0 Å². The molecule has 1 rings (SSSR count). The number of hydrogen-bond acceptors (Lipinski definition) is 3. The van der Waals surface area contributed by atoms with Crippen molar-refractivity contribution in [2.75, 3.05) is 12.3 Å². The zero-order chi connectivity index (χ0) is 15.3. The van der Waals surface area contributed by atoms with Crippen LogP contribution >= 0.6 is 0 Å². The van der Waals surface area contributed by atoms with Crippen LogP contribution in [0.1, 0.15) is 27.7 Å². The average molecular weight is 279 g/mol. The molecule has 0 aliphatic heterocycles. The standard InChI is InChI=1S/C15H25N3O2/c1-10(2)13(11(3)4)7-17-14(19)9-18-8-12(16)5-6-15(18)20/h5-6,8,10-11,13H,7,9,16H2,1-4H3,(H,17,19). The third kappa shape index (κ3) is 4.72. The van der Waals surface area contributed by atoms with Gasteiger partial charge in [0.15, 0.2) is 0 Å². The summed E-state index contributed by atoms with van der Waals surface area (Å²) in [6.45, 7) is 9.24. The summed E-state index contributed by atoms with van der Waals surface area (Å²) in [4.78, 5) is 23.5. The molecule has 0 saturated carbocycles. The first-order chi connectivity index (χ1) is 9.31. The molecular weight excluding hydrogens is 254 g/mol. The maximum Gasteiger partial charge on any atom is 0.251 e. The van der Waals surface area contributed by atoms with Gasteiger partial charge in [0.2, 0.25) is 5.91 Å². The van der Waals surface area contributed by atoms with Crippen LogP contribution in [0, 0.1) is 17.8 Å². The summed E-state index contributed by atoms with van der Waals surface area (Å²) in [7, 11) is 0. The van der Waals surface area contributed by atoms with Crippen LogP contribution in [0.25, 0.3) is 0 Å². The van der Waals surface area contributed by atoms with Crippen LogP contribution in [-0.2, 0) is 11.3 Å². The molecule has 5 nitrogen and oxygen atoms in total. The number of nitrogens with zero attached hydrogens (tertiary/aromatic N) is 1. The fraction of sp³-hybridized carbons (Fsp3) is 0.600. The number of rotatable bonds is 6. The van der Waals surface area contributed by atoms with Crippen molar-refractivity contribution in [3.8, 4) is 0 Å². The van der Waals surface area contributed by atoms with E-state index in [0.717, 1.165) is 0 Å². The number of aromatic nitrogens is 1. The minimum atomic E-state index is -0.224. The lowest BCUT2D eigenvalue weighted by molar-refractivity contribution is -0.122. The molecule has 0 aliphatic carbocycles.